The van der Waals surface area contributed by atoms with Gasteiger partial charge in [0.1, 0.15) is 0 Å². The molecule has 22 heavy (non-hydrogen) atoms. The van der Waals surface area contributed by atoms with E-state index in [1.807, 2.05) is 25.7 Å². The zero-order valence-electron chi connectivity index (χ0n) is 14.6. The van der Waals surface area contributed by atoms with Crippen molar-refractivity contribution in [1.29, 1.82) is 0 Å². The van der Waals surface area contributed by atoms with Gasteiger partial charge in [-0.25, -0.2) is 0 Å². The van der Waals surface area contributed by atoms with E-state index >= 15 is 0 Å². The first-order valence-corrected chi connectivity index (χ1v) is 18.7. The molecule has 2 rings (SSSR count). The van der Waals surface area contributed by atoms with Crippen LogP contribution in [0.1, 0.15) is 27.2 Å². The Morgan fingerprint density at radius 2 is 2.00 bits per heavy atom. The molecule has 0 aliphatic carbocycles. The first-order chi connectivity index (χ1) is 9.96. The molecule has 2 fully saturated rings. The van der Waals surface area contributed by atoms with Crippen molar-refractivity contribution in [3.63, 3.8) is 0 Å². The SMILES string of the molecule is CC(C)(C)OC(=O)C[C@H]1[C@H]([CH2][Sn]([CH3])([CH3])[CH3])CN2C(=O)OC[C@H]12. The first-order valence-electron chi connectivity index (χ1n) is 8.11. The molecule has 0 N–H and O–H groups in total. The van der Waals surface area contributed by atoms with E-state index in [-0.39, 0.29) is 24.0 Å². The Morgan fingerprint density at radius 3 is 2.55 bits per heavy atom. The number of esters is 1. The molecule has 2 aliphatic rings. The van der Waals surface area contributed by atoms with Gasteiger partial charge in [-0.3, -0.25) is 0 Å². The van der Waals surface area contributed by atoms with E-state index in [0.29, 0.717) is 18.9 Å². The van der Waals surface area contributed by atoms with E-state index in [2.05, 4.69) is 14.8 Å². The summed E-state index contributed by atoms with van der Waals surface area (Å²) in [4.78, 5) is 33.1. The van der Waals surface area contributed by atoms with Gasteiger partial charge in [0.2, 0.25) is 0 Å². The summed E-state index contributed by atoms with van der Waals surface area (Å²) in [5, 5.41) is 0. The number of hydrogen-bond donors (Lipinski definition) is 0. The molecular weight excluding hydrogens is 389 g/mol. The molecule has 0 bridgehead atoms. The molecule has 0 spiro atoms. The molecule has 5 nitrogen and oxygen atoms in total. The molecule has 0 aromatic rings. The summed E-state index contributed by atoms with van der Waals surface area (Å²) in [6.07, 6.45) is 0.174. The molecule has 0 aromatic carbocycles. The third kappa shape index (κ3) is 4.52. The van der Waals surface area contributed by atoms with Crippen LogP contribution >= 0.6 is 0 Å². The summed E-state index contributed by atoms with van der Waals surface area (Å²) in [6.45, 7) is 6.82. The monoisotopic (exact) mass is 419 g/mol. The fourth-order valence-electron chi connectivity index (χ4n) is 3.61. The van der Waals surface area contributed by atoms with Crippen LogP contribution in [0.25, 0.3) is 0 Å². The minimum atomic E-state index is -1.99. The molecule has 0 saturated carbocycles. The normalized spacial score (nSPS) is 28.5. The summed E-state index contributed by atoms with van der Waals surface area (Å²) in [5.41, 5.74) is -0.462. The van der Waals surface area contributed by atoms with Crippen molar-refractivity contribution < 1.29 is 19.1 Å². The molecule has 6 heteroatoms. The number of amides is 1. The van der Waals surface area contributed by atoms with Crippen LogP contribution in [-0.2, 0) is 14.3 Å². The van der Waals surface area contributed by atoms with Crippen molar-refractivity contribution in [2.24, 2.45) is 11.8 Å². The van der Waals surface area contributed by atoms with Crippen LogP contribution in [0.2, 0.25) is 19.3 Å². The van der Waals surface area contributed by atoms with Crippen molar-refractivity contribution in [1.82, 2.24) is 4.90 Å². The van der Waals surface area contributed by atoms with Crippen LogP contribution < -0.4 is 0 Å². The third-order valence-corrected chi connectivity index (χ3v) is 9.23. The number of carbonyl (C=O) groups excluding carboxylic acids is 2. The van der Waals surface area contributed by atoms with E-state index in [9.17, 15) is 9.59 Å². The molecule has 2 saturated heterocycles. The van der Waals surface area contributed by atoms with E-state index in [0.717, 1.165) is 6.54 Å². The summed E-state index contributed by atoms with van der Waals surface area (Å²) < 4.78 is 11.8. The average molecular weight is 418 g/mol. The van der Waals surface area contributed by atoms with Gasteiger partial charge < -0.3 is 0 Å². The maximum absolute atomic E-state index is 12.2. The van der Waals surface area contributed by atoms with Gasteiger partial charge in [-0.1, -0.05) is 0 Å². The molecule has 0 radical (unpaired) electrons. The standard InChI is InChI=1S/C13H20NO4.3CH3.Sn/c1-8-6-14-10(7-17-12(14)16)9(8)5-11(15)18-13(2,3)4;;;;/h8-10H,1,5-7H2,2-4H3;3*1H3;/t8-,9+,10-;;;;/m1..../s1. The number of cyclic esters (lactones) is 1. The van der Waals surface area contributed by atoms with Crippen LogP contribution in [0.4, 0.5) is 4.79 Å². The second kappa shape index (κ2) is 6.21. The molecule has 2 aliphatic heterocycles. The Balaban J connectivity index is 2.09. The number of nitrogens with zero attached hydrogens (tertiary/aromatic N) is 1. The fourth-order valence-corrected chi connectivity index (χ4v) is 9.34. The predicted octanol–water partition coefficient (Wildman–Crippen LogP) is 3.12. The summed E-state index contributed by atoms with van der Waals surface area (Å²) in [5.74, 6) is 0.436. The molecule has 3 atom stereocenters. The Kier molecular flexibility index (Phi) is 5.05. The van der Waals surface area contributed by atoms with Crippen LogP contribution in [0.3, 0.4) is 0 Å². The maximum atomic E-state index is 12.2. The first kappa shape index (κ1) is 17.9. The average Bonchev–Trinajstić information content (AvgIpc) is 2.77. The third-order valence-electron chi connectivity index (χ3n) is 4.24. The summed E-state index contributed by atoms with van der Waals surface area (Å²) in [6, 6.07) is 0.0543. The van der Waals surface area contributed by atoms with Crippen LogP contribution in [0.15, 0.2) is 0 Å². The van der Waals surface area contributed by atoms with E-state index < -0.39 is 24.0 Å². The van der Waals surface area contributed by atoms with Gasteiger partial charge in [0.15, 0.2) is 0 Å². The predicted molar refractivity (Wildman–Crippen MR) is 87.4 cm³/mol. The molecule has 2 heterocycles. The van der Waals surface area contributed by atoms with E-state index in [4.69, 9.17) is 9.47 Å². The number of fused-ring (bicyclic) bond motifs is 1. The van der Waals surface area contributed by atoms with Crippen LogP contribution in [-0.4, -0.2) is 60.1 Å². The molecule has 0 unspecified atom stereocenters. The van der Waals surface area contributed by atoms with Gasteiger partial charge in [-0.2, -0.15) is 0 Å². The number of rotatable bonds is 4. The van der Waals surface area contributed by atoms with Gasteiger partial charge in [0.05, 0.1) is 0 Å². The van der Waals surface area contributed by atoms with Gasteiger partial charge in [0, 0.05) is 0 Å². The number of carbonyl (C=O) groups is 2. The minimum absolute atomic E-state index is 0.0543. The zero-order chi connectivity index (χ0) is 16.7. The molecule has 1 amide bonds. The van der Waals surface area contributed by atoms with Crippen molar-refractivity contribution in [3.05, 3.63) is 0 Å². The van der Waals surface area contributed by atoms with Crippen molar-refractivity contribution in [3.8, 4) is 0 Å². The van der Waals surface area contributed by atoms with Crippen molar-refractivity contribution >= 4 is 30.4 Å². The Morgan fingerprint density at radius 1 is 1.36 bits per heavy atom. The Bertz CT molecular complexity index is 452. The van der Waals surface area contributed by atoms with Gasteiger partial charge >= 0.3 is 137 Å². The van der Waals surface area contributed by atoms with Crippen LogP contribution in [0.5, 0.6) is 0 Å². The zero-order valence-corrected chi connectivity index (χ0v) is 17.5. The van der Waals surface area contributed by atoms with E-state index in [1.54, 1.807) is 0 Å². The number of ether oxygens (including phenoxy) is 2. The summed E-state index contributed by atoms with van der Waals surface area (Å²) in [7, 11) is 0. The topological polar surface area (TPSA) is 55.8 Å². The molecular formula is C16H29NO4Sn. The Hall–Kier alpha value is -0.461. The number of hydrogen-bond acceptors (Lipinski definition) is 4. The van der Waals surface area contributed by atoms with Crippen LogP contribution in [0, 0.1) is 11.8 Å². The Labute approximate surface area is 137 Å². The fraction of sp³-hybridized carbons (Fsp3) is 0.875. The van der Waals surface area contributed by atoms with Gasteiger partial charge in [-0.05, 0) is 0 Å². The van der Waals surface area contributed by atoms with Gasteiger partial charge in [0.25, 0.3) is 0 Å². The second-order valence-electron chi connectivity index (χ2n) is 8.78. The van der Waals surface area contributed by atoms with Crippen molar-refractivity contribution in [2.75, 3.05) is 13.2 Å². The van der Waals surface area contributed by atoms with E-state index in [1.165, 1.54) is 4.44 Å². The van der Waals surface area contributed by atoms with Gasteiger partial charge in [-0.15, -0.1) is 0 Å². The quantitative estimate of drug-likeness (QED) is 0.520. The summed E-state index contributed by atoms with van der Waals surface area (Å²) >= 11 is -1.99. The van der Waals surface area contributed by atoms with Crippen molar-refractivity contribution in [2.45, 2.75) is 58.1 Å². The molecule has 0 aromatic heterocycles. The molecule has 126 valence electrons. The second-order valence-corrected chi connectivity index (χ2v) is 24.6.